The van der Waals surface area contributed by atoms with Gasteiger partial charge in [0.25, 0.3) is 0 Å². The van der Waals surface area contributed by atoms with Crippen LogP contribution in [0.1, 0.15) is 162 Å². The van der Waals surface area contributed by atoms with Crippen molar-refractivity contribution in [3.63, 3.8) is 0 Å². The molecule has 3 nitrogen and oxygen atoms in total. The average molecular weight is 460 g/mol. The number of nitrogens with zero attached hydrogens (tertiary/aromatic N) is 1. The molecule has 0 N–H and O–H groups in total. The van der Waals surface area contributed by atoms with Gasteiger partial charge in [-0.3, -0.25) is 0 Å². The molecule has 0 saturated heterocycles. The van der Waals surface area contributed by atoms with Crippen LogP contribution < -0.4 is 24.0 Å². The summed E-state index contributed by atoms with van der Waals surface area (Å²) < 4.78 is 0. The summed E-state index contributed by atoms with van der Waals surface area (Å²) in [5, 5.41) is 10.9. The number of rotatable bonds is 27. The summed E-state index contributed by atoms with van der Waals surface area (Å²) in [6.45, 7) is 7.33. The van der Waals surface area contributed by atoms with Crippen molar-refractivity contribution in [1.29, 1.82) is 0 Å². The van der Waals surface area contributed by atoms with E-state index < -0.39 is 5.97 Å². The molecule has 0 aliphatic heterocycles. The molecule has 192 valence electrons. The Hall–Kier alpha value is 0.0274. The number of hydrogen-bond acceptors (Lipinski definition) is 3. The van der Waals surface area contributed by atoms with Crippen LogP contribution >= 0.6 is 0 Å². The Labute approximate surface area is 220 Å². The molecule has 0 saturated carbocycles. The summed E-state index contributed by atoms with van der Waals surface area (Å²) >= 11 is 0. The van der Waals surface area contributed by atoms with Gasteiger partial charge in [-0.1, -0.05) is 142 Å². The molecule has 0 bridgehead atoms. The van der Waals surface area contributed by atoms with Crippen LogP contribution in [0.2, 0.25) is 0 Å². The maximum Gasteiger partial charge on any atom is 1.00 e. The Morgan fingerprint density at radius 2 is 0.758 bits per heavy atom. The molecule has 33 heavy (non-hydrogen) atoms. The zero-order chi connectivity index (χ0) is 23.5. The third kappa shape index (κ3) is 30.0. The number of carbonyl (C=O) groups excluding carboxylic acids is 1. The minimum atomic E-state index is -0.909. The Balaban J connectivity index is 0. The molecule has 4 heteroatoms. The van der Waals surface area contributed by atoms with E-state index in [0.717, 1.165) is 13.1 Å². The molecule has 0 spiro atoms. The summed E-state index contributed by atoms with van der Waals surface area (Å²) in [6, 6.07) is 0. The summed E-state index contributed by atoms with van der Waals surface area (Å²) in [5.74, 6) is -0.909. The van der Waals surface area contributed by atoms with Gasteiger partial charge in [0.2, 0.25) is 0 Å². The first kappa shape index (κ1) is 35.2. The van der Waals surface area contributed by atoms with Crippen molar-refractivity contribution in [2.45, 2.75) is 162 Å². The second-order valence-electron chi connectivity index (χ2n) is 10.0. The molecule has 0 aromatic heterocycles. The van der Waals surface area contributed by atoms with E-state index in [-0.39, 0.29) is 25.3 Å². The largest absolute Gasteiger partial charge is 1.00 e. The first-order valence-electron chi connectivity index (χ1n) is 14.6. The van der Waals surface area contributed by atoms with Crippen molar-refractivity contribution in [3.8, 4) is 0 Å². The van der Waals surface area contributed by atoms with Crippen LogP contribution in [0.3, 0.4) is 0 Å². The van der Waals surface area contributed by atoms with Crippen molar-refractivity contribution >= 4 is 5.97 Å². The van der Waals surface area contributed by atoms with E-state index in [1.54, 1.807) is 0 Å². The predicted molar refractivity (Wildman–Crippen MR) is 139 cm³/mol. The molecule has 0 unspecified atom stereocenters. The van der Waals surface area contributed by atoms with Crippen LogP contribution in [0.25, 0.3) is 0 Å². The standard InChI is InChI=1S/C29H59NO2.Li/c1-3-5-7-9-11-13-15-17-19-21-23-26-30(28-25-29(31)32)27-24-22-20-18-16-14-12-10-8-6-4-2;/h3-28H2,1-2H3,(H,31,32);/q;+1/p-1. The normalized spacial score (nSPS) is 11.1. The molecule has 0 heterocycles. The number of carbonyl (C=O) groups is 1. The van der Waals surface area contributed by atoms with Gasteiger partial charge in [-0.25, -0.2) is 0 Å². The van der Waals surface area contributed by atoms with Crippen LogP contribution in [0.4, 0.5) is 0 Å². The quantitative estimate of drug-likeness (QED) is 0.127. The zero-order valence-corrected chi connectivity index (χ0v) is 23.1. The fraction of sp³-hybridized carbons (Fsp3) is 0.966. The molecule has 0 radical (unpaired) electrons. The molecular formula is C29H58LiNO2. The maximum atomic E-state index is 10.9. The van der Waals surface area contributed by atoms with Crippen molar-refractivity contribution in [3.05, 3.63) is 0 Å². The van der Waals surface area contributed by atoms with Gasteiger partial charge in [-0.15, -0.1) is 0 Å². The van der Waals surface area contributed by atoms with E-state index in [4.69, 9.17) is 0 Å². The van der Waals surface area contributed by atoms with E-state index in [1.165, 1.54) is 141 Å². The summed E-state index contributed by atoms with van der Waals surface area (Å²) in [6.07, 6.45) is 30.1. The predicted octanol–water partition coefficient (Wildman–Crippen LogP) is 5.05. The molecule has 0 aromatic carbocycles. The first-order valence-corrected chi connectivity index (χ1v) is 14.6. The van der Waals surface area contributed by atoms with Gasteiger partial charge in [0, 0.05) is 12.5 Å². The van der Waals surface area contributed by atoms with Gasteiger partial charge < -0.3 is 14.8 Å². The topological polar surface area (TPSA) is 43.4 Å². The molecule has 0 rings (SSSR count). The van der Waals surface area contributed by atoms with E-state index in [2.05, 4.69) is 18.7 Å². The van der Waals surface area contributed by atoms with Crippen molar-refractivity contribution < 1.29 is 28.8 Å². The van der Waals surface area contributed by atoms with Crippen LogP contribution in [0.15, 0.2) is 0 Å². The second-order valence-corrected chi connectivity index (χ2v) is 10.0. The SMILES string of the molecule is CCCCCCCCCCCCCN(CCCCCCCCCCCCC)CCC(=O)[O-].[Li+]. The molecule has 0 aromatic rings. The van der Waals surface area contributed by atoms with Gasteiger partial charge in [0.15, 0.2) is 0 Å². The summed E-state index contributed by atoms with van der Waals surface area (Å²) in [7, 11) is 0. The van der Waals surface area contributed by atoms with Crippen molar-refractivity contribution in [2.24, 2.45) is 0 Å². The van der Waals surface area contributed by atoms with Crippen molar-refractivity contribution in [2.75, 3.05) is 19.6 Å². The van der Waals surface area contributed by atoms with Crippen LogP contribution in [-0.4, -0.2) is 30.5 Å². The smallest absolute Gasteiger partial charge is 0.550 e. The minimum Gasteiger partial charge on any atom is -0.550 e. The number of hydrogen-bond donors (Lipinski definition) is 0. The summed E-state index contributed by atoms with van der Waals surface area (Å²) in [5.41, 5.74) is 0. The fourth-order valence-corrected chi connectivity index (χ4v) is 4.58. The van der Waals surface area contributed by atoms with Crippen LogP contribution in [-0.2, 0) is 4.79 Å². The van der Waals surface area contributed by atoms with Crippen LogP contribution in [0.5, 0.6) is 0 Å². The molecular weight excluding hydrogens is 401 g/mol. The monoisotopic (exact) mass is 459 g/mol. The molecule has 0 fully saturated rings. The number of carboxylic acid groups (broad SMARTS) is 1. The van der Waals surface area contributed by atoms with Crippen LogP contribution in [0, 0.1) is 0 Å². The zero-order valence-electron chi connectivity index (χ0n) is 23.1. The van der Waals surface area contributed by atoms with Gasteiger partial charge >= 0.3 is 18.9 Å². The Morgan fingerprint density at radius 3 is 1.03 bits per heavy atom. The fourth-order valence-electron chi connectivity index (χ4n) is 4.58. The molecule has 0 aliphatic rings. The van der Waals surface area contributed by atoms with E-state index in [0.29, 0.717) is 6.54 Å². The van der Waals surface area contributed by atoms with E-state index >= 15 is 0 Å². The third-order valence-corrected chi connectivity index (χ3v) is 6.79. The maximum absolute atomic E-state index is 10.9. The molecule has 0 amide bonds. The first-order chi connectivity index (χ1) is 15.7. The van der Waals surface area contributed by atoms with E-state index in [1.807, 2.05) is 0 Å². The van der Waals surface area contributed by atoms with Crippen molar-refractivity contribution in [1.82, 2.24) is 4.90 Å². The third-order valence-electron chi connectivity index (χ3n) is 6.79. The number of carboxylic acids is 1. The average Bonchev–Trinajstić information content (AvgIpc) is 2.78. The summed E-state index contributed by atoms with van der Waals surface area (Å²) in [4.78, 5) is 13.3. The van der Waals surface area contributed by atoms with E-state index in [9.17, 15) is 9.90 Å². The Bertz CT molecular complexity index is 353. The second kappa shape index (κ2) is 30.1. The molecule has 0 atom stereocenters. The van der Waals surface area contributed by atoms with Gasteiger partial charge in [-0.2, -0.15) is 0 Å². The van der Waals surface area contributed by atoms with Gasteiger partial charge in [0.05, 0.1) is 0 Å². The molecule has 0 aliphatic carbocycles. The van der Waals surface area contributed by atoms with Gasteiger partial charge in [-0.05, 0) is 32.4 Å². The van der Waals surface area contributed by atoms with Gasteiger partial charge in [0.1, 0.15) is 0 Å². The Morgan fingerprint density at radius 1 is 0.485 bits per heavy atom. The number of unbranched alkanes of at least 4 members (excludes halogenated alkanes) is 20. The Kier molecular flexibility index (Phi) is 32.1. The minimum absolute atomic E-state index is 0. The number of aliphatic carboxylic acids is 1.